The fraction of sp³-hybridized carbons (Fsp3) is 0.400. The number of nitrogens with one attached hydrogen (secondary N) is 3. The van der Waals surface area contributed by atoms with E-state index >= 15 is 0 Å². The molecule has 176 valence electrons. The van der Waals surface area contributed by atoms with Crippen LogP contribution in [0.25, 0.3) is 21.8 Å². The molecular formula is C25H33N5O3. The molecule has 0 bridgehead atoms. The molecule has 2 amide bonds. The van der Waals surface area contributed by atoms with Crippen molar-refractivity contribution >= 4 is 33.6 Å². The number of carbonyl (C=O) groups excluding carboxylic acids is 2. The van der Waals surface area contributed by atoms with Gasteiger partial charge in [-0.15, -0.1) is 0 Å². The fourth-order valence-electron chi connectivity index (χ4n) is 3.79. The van der Waals surface area contributed by atoms with Crippen LogP contribution in [0.2, 0.25) is 0 Å². The summed E-state index contributed by atoms with van der Waals surface area (Å²) in [6, 6.07) is 10.2. The molecule has 0 aliphatic rings. The molecule has 8 nitrogen and oxygen atoms in total. The van der Waals surface area contributed by atoms with Crippen molar-refractivity contribution < 1.29 is 9.59 Å². The van der Waals surface area contributed by atoms with Gasteiger partial charge in [0.2, 0.25) is 0 Å². The van der Waals surface area contributed by atoms with Crippen molar-refractivity contribution in [2.75, 3.05) is 54.4 Å². The Morgan fingerprint density at radius 3 is 1.58 bits per heavy atom. The number of H-pyrrole nitrogens is 1. The molecule has 8 heteroatoms. The first-order chi connectivity index (χ1) is 15.8. The second-order valence-corrected chi connectivity index (χ2v) is 8.74. The van der Waals surface area contributed by atoms with Crippen LogP contribution in [0.4, 0.5) is 0 Å². The van der Waals surface area contributed by atoms with E-state index in [-0.39, 0.29) is 17.2 Å². The highest BCUT2D eigenvalue weighted by atomic mass is 16.2. The number of hydrogen-bond donors (Lipinski definition) is 3. The summed E-state index contributed by atoms with van der Waals surface area (Å²) >= 11 is 0. The first-order valence-electron chi connectivity index (χ1n) is 11.2. The number of hydrogen-bond acceptors (Lipinski definition) is 5. The highest BCUT2D eigenvalue weighted by molar-refractivity contribution is 6.11. The number of amides is 2. The van der Waals surface area contributed by atoms with E-state index in [0.29, 0.717) is 46.0 Å². The molecular weight excluding hydrogens is 418 g/mol. The van der Waals surface area contributed by atoms with Gasteiger partial charge in [-0.3, -0.25) is 14.4 Å². The number of fused-ring (bicyclic) bond motifs is 2. The normalized spacial score (nSPS) is 11.5. The van der Waals surface area contributed by atoms with E-state index in [1.165, 1.54) is 0 Å². The average Bonchev–Trinajstić information content (AvgIpc) is 2.78. The van der Waals surface area contributed by atoms with Crippen LogP contribution in [-0.4, -0.2) is 81.0 Å². The zero-order valence-corrected chi connectivity index (χ0v) is 19.8. The number of pyridine rings is 1. The molecule has 0 aliphatic carbocycles. The zero-order chi connectivity index (χ0) is 24.0. The number of aromatic nitrogens is 1. The molecule has 1 heterocycles. The Kier molecular flexibility index (Phi) is 8.19. The quantitative estimate of drug-likeness (QED) is 0.324. The number of para-hydroxylation sites is 2. The van der Waals surface area contributed by atoms with Crippen LogP contribution in [0, 0.1) is 0 Å². The summed E-state index contributed by atoms with van der Waals surface area (Å²) in [4.78, 5) is 46.3. The molecule has 0 saturated carbocycles. The number of nitrogens with zero attached hydrogens (tertiary/aromatic N) is 2. The third-order valence-corrected chi connectivity index (χ3v) is 5.49. The second kappa shape index (κ2) is 11.1. The zero-order valence-electron chi connectivity index (χ0n) is 19.8. The van der Waals surface area contributed by atoms with E-state index in [1.807, 2.05) is 28.2 Å². The van der Waals surface area contributed by atoms with Crippen LogP contribution in [0.15, 0.2) is 41.2 Å². The molecule has 0 saturated heterocycles. The van der Waals surface area contributed by atoms with Crippen molar-refractivity contribution in [1.82, 2.24) is 25.4 Å². The van der Waals surface area contributed by atoms with Gasteiger partial charge >= 0.3 is 0 Å². The van der Waals surface area contributed by atoms with Gasteiger partial charge in [0.1, 0.15) is 0 Å². The Bertz CT molecular complexity index is 1110. The largest absolute Gasteiger partial charge is 0.353 e. The van der Waals surface area contributed by atoms with Gasteiger partial charge in [-0.1, -0.05) is 12.1 Å². The first-order valence-corrected chi connectivity index (χ1v) is 11.2. The highest BCUT2D eigenvalue weighted by Crippen LogP contribution is 2.21. The van der Waals surface area contributed by atoms with Crippen LogP contribution >= 0.6 is 0 Å². The van der Waals surface area contributed by atoms with Gasteiger partial charge in [0.25, 0.3) is 11.8 Å². The predicted molar refractivity (Wildman–Crippen MR) is 133 cm³/mol. The van der Waals surface area contributed by atoms with Gasteiger partial charge in [-0.05, 0) is 78.4 Å². The predicted octanol–water partition coefficient (Wildman–Crippen LogP) is 2.04. The van der Waals surface area contributed by atoms with Crippen LogP contribution in [0.3, 0.4) is 0 Å². The van der Waals surface area contributed by atoms with E-state index in [0.717, 1.165) is 25.9 Å². The molecule has 1 aromatic heterocycles. The Balaban J connectivity index is 1.94. The smallest absolute Gasteiger partial charge is 0.253 e. The van der Waals surface area contributed by atoms with Crippen molar-refractivity contribution in [3.05, 3.63) is 57.7 Å². The summed E-state index contributed by atoms with van der Waals surface area (Å²) in [5.74, 6) is -0.500. The molecule has 3 N–H and O–H groups in total. The second-order valence-electron chi connectivity index (χ2n) is 8.74. The Morgan fingerprint density at radius 2 is 1.18 bits per heavy atom. The molecule has 0 aliphatic heterocycles. The molecule has 2 aromatic carbocycles. The summed E-state index contributed by atoms with van der Waals surface area (Å²) in [6.45, 7) is 2.80. The minimum Gasteiger partial charge on any atom is -0.353 e. The Labute approximate surface area is 193 Å². The maximum atomic E-state index is 13.2. The van der Waals surface area contributed by atoms with Crippen molar-refractivity contribution in [3.63, 3.8) is 0 Å². The van der Waals surface area contributed by atoms with Crippen molar-refractivity contribution in [1.29, 1.82) is 0 Å². The molecule has 0 fully saturated rings. The van der Waals surface area contributed by atoms with E-state index in [9.17, 15) is 14.4 Å². The van der Waals surface area contributed by atoms with Gasteiger partial charge in [0, 0.05) is 23.9 Å². The summed E-state index contributed by atoms with van der Waals surface area (Å²) in [7, 11) is 7.94. The number of aromatic amines is 1. The first kappa shape index (κ1) is 24.4. The molecule has 0 spiro atoms. The fourth-order valence-corrected chi connectivity index (χ4v) is 3.79. The van der Waals surface area contributed by atoms with Crippen LogP contribution in [0.5, 0.6) is 0 Å². The van der Waals surface area contributed by atoms with Gasteiger partial charge < -0.3 is 25.4 Å². The lowest BCUT2D eigenvalue weighted by Crippen LogP contribution is -2.28. The molecule has 0 radical (unpaired) electrons. The summed E-state index contributed by atoms with van der Waals surface area (Å²) in [6.07, 6.45) is 1.64. The third kappa shape index (κ3) is 5.97. The summed E-state index contributed by atoms with van der Waals surface area (Å²) < 4.78 is 0. The molecule has 3 rings (SSSR count). The van der Waals surface area contributed by atoms with E-state index < -0.39 is 0 Å². The Morgan fingerprint density at radius 1 is 0.758 bits per heavy atom. The van der Waals surface area contributed by atoms with E-state index in [1.54, 1.807) is 36.4 Å². The molecule has 3 aromatic rings. The minimum absolute atomic E-state index is 0.205. The number of rotatable bonds is 10. The lowest BCUT2D eigenvalue weighted by molar-refractivity contribution is 0.0946. The molecule has 0 atom stereocenters. The number of benzene rings is 2. The summed E-state index contributed by atoms with van der Waals surface area (Å²) in [5.41, 5.74) is 1.44. The van der Waals surface area contributed by atoms with Crippen molar-refractivity contribution in [3.8, 4) is 0 Å². The third-order valence-electron chi connectivity index (χ3n) is 5.49. The van der Waals surface area contributed by atoms with Crippen molar-refractivity contribution in [2.45, 2.75) is 12.8 Å². The SMILES string of the molecule is CN(C)CCCNC(=O)c1cccc2c(=O)c3cccc(C(=O)NCCCN(C)C)c3[nH]c12. The van der Waals surface area contributed by atoms with Gasteiger partial charge in [0.15, 0.2) is 5.43 Å². The van der Waals surface area contributed by atoms with E-state index in [2.05, 4.69) is 25.4 Å². The minimum atomic E-state index is -0.250. The van der Waals surface area contributed by atoms with Gasteiger partial charge in [-0.2, -0.15) is 0 Å². The van der Waals surface area contributed by atoms with Crippen LogP contribution < -0.4 is 16.1 Å². The maximum absolute atomic E-state index is 13.2. The summed E-state index contributed by atoms with van der Waals surface area (Å²) in [5, 5.41) is 6.69. The lowest BCUT2D eigenvalue weighted by atomic mass is 10.0. The maximum Gasteiger partial charge on any atom is 0.253 e. The van der Waals surface area contributed by atoms with Gasteiger partial charge in [0.05, 0.1) is 22.2 Å². The highest BCUT2D eigenvalue weighted by Gasteiger charge is 2.17. The van der Waals surface area contributed by atoms with E-state index in [4.69, 9.17) is 0 Å². The molecule has 0 unspecified atom stereocenters. The number of carbonyl (C=O) groups is 2. The Hall–Kier alpha value is -3.23. The van der Waals surface area contributed by atoms with Gasteiger partial charge in [-0.25, -0.2) is 0 Å². The van der Waals surface area contributed by atoms with Crippen LogP contribution in [0.1, 0.15) is 33.6 Å². The topological polar surface area (TPSA) is 97.5 Å². The standard InChI is InChI=1S/C25H33N5O3/c1-29(2)15-7-13-26-24(32)19-11-5-9-17-21(19)28-22-18(23(17)31)10-6-12-20(22)25(33)27-14-8-16-30(3)4/h5-6,9-12H,7-8,13-16H2,1-4H3,(H,26,32)(H,27,33)(H,28,31). The molecule has 33 heavy (non-hydrogen) atoms. The average molecular weight is 452 g/mol. The van der Waals surface area contributed by atoms with Crippen molar-refractivity contribution in [2.24, 2.45) is 0 Å². The van der Waals surface area contributed by atoms with Crippen LogP contribution in [-0.2, 0) is 0 Å². The monoisotopic (exact) mass is 451 g/mol. The lowest BCUT2D eigenvalue weighted by Gasteiger charge is -2.13.